The van der Waals surface area contributed by atoms with E-state index < -0.39 is 193 Å². The van der Waals surface area contributed by atoms with Crippen LogP contribution in [-0.4, -0.2) is 223 Å². The largest absolute Gasteiger partial charge is 1.00 e. The van der Waals surface area contributed by atoms with E-state index in [1.807, 2.05) is 0 Å². The molecule has 0 spiro atoms. The number of likely N-dealkylation sites (N-methyl/N-ethyl adjacent to an activating group) is 1. The summed E-state index contributed by atoms with van der Waals surface area (Å²) in [6, 6.07) is -6.99. The summed E-state index contributed by atoms with van der Waals surface area (Å²) in [7, 11) is -4.08. The monoisotopic (exact) mass is 1080 g/mol. The second kappa shape index (κ2) is 26.7. The van der Waals surface area contributed by atoms with Crippen molar-refractivity contribution >= 4 is 57.8 Å². The van der Waals surface area contributed by atoms with Gasteiger partial charge in [-0.05, 0) is 51.8 Å². The Morgan fingerprint density at radius 3 is 2.08 bits per heavy atom. The van der Waals surface area contributed by atoms with E-state index in [2.05, 4.69) is 30.8 Å². The fraction of sp³-hybridized carbons (Fsp3) is 0.682. The Kier molecular flexibility index (Phi) is 22.9. The van der Waals surface area contributed by atoms with E-state index in [9.17, 15) is 87.1 Å². The Bertz CT molecular complexity index is 2330. The first-order valence-electron chi connectivity index (χ1n) is 23.3. The van der Waals surface area contributed by atoms with Crippen molar-refractivity contribution < 1.29 is 126 Å². The molecule has 4 rings (SSSR count). The molecule has 3 fully saturated rings. The third kappa shape index (κ3) is 17.6. The summed E-state index contributed by atoms with van der Waals surface area (Å²) in [5.74, 6) is -11.6. The van der Waals surface area contributed by atoms with Crippen molar-refractivity contribution in [3.63, 3.8) is 0 Å². The molecule has 410 valence electrons. The van der Waals surface area contributed by atoms with Crippen LogP contribution in [0.15, 0.2) is 18.2 Å². The van der Waals surface area contributed by atoms with Gasteiger partial charge in [-0.25, -0.2) is 13.2 Å². The van der Waals surface area contributed by atoms with Crippen molar-refractivity contribution in [2.45, 2.75) is 140 Å². The van der Waals surface area contributed by atoms with Gasteiger partial charge >= 0.3 is 35.7 Å². The van der Waals surface area contributed by atoms with Crippen LogP contribution in [0.2, 0.25) is 0 Å². The molecule has 1 aromatic rings. The molecular formula is C44H67N8NaO20S. The number of β-amino-alcohol motifs (C(OH)–C–C–N with tert-alkyl or cyclic N) is 1. The molecule has 0 aromatic heterocycles. The maximum absolute atomic E-state index is 14.7. The van der Waals surface area contributed by atoms with Crippen molar-refractivity contribution in [3.05, 3.63) is 23.8 Å². The first kappa shape index (κ1) is 63.3. The molecule has 0 bridgehead atoms. The number of hydrogen-bond donors (Lipinski definition) is 12. The normalized spacial score (nSPS) is 28.1. The first-order chi connectivity index (χ1) is 33.8. The van der Waals surface area contributed by atoms with Crippen molar-refractivity contribution in [1.29, 1.82) is 0 Å². The number of nitrogens with one attached hydrogen (secondary N) is 5. The van der Waals surface area contributed by atoms with E-state index in [0.29, 0.717) is 0 Å². The first-order valence-corrected chi connectivity index (χ1v) is 24.7. The number of phenols is 1. The summed E-state index contributed by atoms with van der Waals surface area (Å²) in [5.41, 5.74) is -0.988. The van der Waals surface area contributed by atoms with E-state index >= 15 is 0 Å². The number of aliphatic hydroxyl groups is 6. The van der Waals surface area contributed by atoms with Gasteiger partial charge in [0.2, 0.25) is 41.4 Å². The second-order valence-electron chi connectivity index (χ2n) is 19.6. The van der Waals surface area contributed by atoms with E-state index in [0.717, 1.165) is 39.8 Å². The predicted molar refractivity (Wildman–Crippen MR) is 248 cm³/mol. The number of ether oxygens (including phenoxy) is 1. The second-order valence-corrected chi connectivity index (χ2v) is 20.6. The van der Waals surface area contributed by atoms with E-state index in [1.165, 1.54) is 20.9 Å². The van der Waals surface area contributed by atoms with Gasteiger partial charge in [-0.1, -0.05) is 19.9 Å². The number of benzene rings is 1. The van der Waals surface area contributed by atoms with Gasteiger partial charge in [-0.3, -0.25) is 33.6 Å². The van der Waals surface area contributed by atoms with Crippen molar-refractivity contribution in [3.8, 4) is 11.5 Å². The molecule has 3 saturated heterocycles. The Balaban J connectivity index is 0.0000144. The van der Waals surface area contributed by atoms with Crippen molar-refractivity contribution in [1.82, 2.24) is 41.3 Å². The van der Waals surface area contributed by atoms with Crippen LogP contribution >= 0.6 is 0 Å². The molecule has 74 heavy (non-hydrogen) atoms. The molecule has 0 saturated carbocycles. The van der Waals surface area contributed by atoms with Crippen molar-refractivity contribution in [2.75, 3.05) is 39.8 Å². The number of carbonyl (C=O) groups is 8. The number of nitrogens with zero attached hydrogens (tertiary/aromatic N) is 3. The molecule has 1 aromatic carbocycles. The third-order valence-electron chi connectivity index (χ3n) is 12.2. The molecular weight excluding hydrogens is 1020 g/mol. The van der Waals surface area contributed by atoms with Gasteiger partial charge in [-0.15, -0.1) is 0 Å². The number of rotatable bonds is 12. The number of aliphatic hydroxyl groups excluding tert-OH is 6. The van der Waals surface area contributed by atoms with Gasteiger partial charge < -0.3 is 90.5 Å². The fourth-order valence-electron chi connectivity index (χ4n) is 8.37. The molecule has 3 aliphatic heterocycles. The van der Waals surface area contributed by atoms with Crippen LogP contribution in [0.3, 0.4) is 0 Å². The fourth-order valence-corrected chi connectivity index (χ4v) is 8.72. The molecule has 0 unspecified atom stereocenters. The van der Waals surface area contributed by atoms with Crippen LogP contribution in [0.25, 0.3) is 0 Å². The Morgan fingerprint density at radius 1 is 0.865 bits per heavy atom. The zero-order valence-corrected chi connectivity index (χ0v) is 45.1. The van der Waals surface area contributed by atoms with Crippen LogP contribution in [0.5, 0.6) is 11.5 Å². The SMILES string of the molecule is C[C@H]1C[C@@H](O)CNC(=O)[C@@H]2[C@@H](O)[C@@H](C)CN2C(=O)[C@H]([C@H](O)CC(=O)NCCN(C)C(=O)OC(C)(C)C)NC(=O)[C@H]([C@H](O)Cc2ccc(O)c(OS(=O)(=O)[O-])c2)NC(=O)[C@@H]2C[C@@H](O)CN2C(=O)[C@H]([C@@H](C)O)NC1=O.[Na+]. The van der Waals surface area contributed by atoms with Crippen molar-refractivity contribution in [2.24, 2.45) is 11.8 Å². The van der Waals surface area contributed by atoms with Gasteiger partial charge in [0.1, 0.15) is 35.8 Å². The topological polar surface area (TPSA) is 424 Å². The quantitative estimate of drug-likeness (QED) is 0.0525. The molecule has 13 atom stereocenters. The summed E-state index contributed by atoms with van der Waals surface area (Å²) in [4.78, 5) is 113. The van der Waals surface area contributed by atoms with Crippen LogP contribution in [0.4, 0.5) is 4.79 Å². The Hall–Kier alpha value is -4.95. The third-order valence-corrected chi connectivity index (χ3v) is 12.6. The number of carbonyl (C=O) groups excluding carboxylic acids is 8. The van der Waals surface area contributed by atoms with Crippen LogP contribution in [0.1, 0.15) is 66.4 Å². The minimum Gasteiger partial charge on any atom is -0.716 e. The minimum atomic E-state index is -5.47. The molecule has 3 heterocycles. The van der Waals surface area contributed by atoms with Crippen LogP contribution in [0, 0.1) is 11.8 Å². The van der Waals surface area contributed by atoms with E-state index in [1.54, 1.807) is 20.8 Å². The molecule has 3 aliphatic rings. The van der Waals surface area contributed by atoms with Crippen LogP contribution in [-0.2, 0) is 55.1 Å². The Morgan fingerprint density at radius 2 is 1.47 bits per heavy atom. The molecule has 8 amide bonds. The number of phenolic OH excluding ortho intramolecular Hbond substituents is 1. The zero-order chi connectivity index (χ0) is 55.0. The minimum absolute atomic E-state index is 0. The number of fused-ring (bicyclic) bond motifs is 2. The number of aromatic hydroxyl groups is 1. The molecule has 0 radical (unpaired) electrons. The maximum atomic E-state index is 14.7. The summed E-state index contributed by atoms with van der Waals surface area (Å²) >= 11 is 0. The van der Waals surface area contributed by atoms with Gasteiger partial charge in [0, 0.05) is 64.4 Å². The van der Waals surface area contributed by atoms with E-state index in [4.69, 9.17) is 4.74 Å². The number of amides is 8. The van der Waals surface area contributed by atoms with Gasteiger partial charge in [-0.2, -0.15) is 0 Å². The summed E-state index contributed by atoms with van der Waals surface area (Å²) < 4.78 is 43.7. The average molecular weight is 1080 g/mol. The van der Waals surface area contributed by atoms with Crippen LogP contribution < -0.4 is 60.3 Å². The summed E-state index contributed by atoms with van der Waals surface area (Å²) in [5, 5.41) is 89.0. The Labute approximate surface area is 449 Å². The van der Waals surface area contributed by atoms with Gasteiger partial charge in [0.05, 0.1) is 43.0 Å². The molecule has 0 aliphatic carbocycles. The van der Waals surface area contributed by atoms with Gasteiger partial charge in [0.25, 0.3) is 10.4 Å². The smallest absolute Gasteiger partial charge is 0.716 e. The zero-order valence-electron chi connectivity index (χ0n) is 42.3. The summed E-state index contributed by atoms with van der Waals surface area (Å²) in [6.07, 6.45) is -13.8. The molecule has 30 heteroatoms. The average Bonchev–Trinajstić information content (AvgIpc) is 3.82. The maximum Gasteiger partial charge on any atom is 1.00 e. The molecule has 28 nitrogen and oxygen atoms in total. The predicted octanol–water partition coefficient (Wildman–Crippen LogP) is -8.61. The summed E-state index contributed by atoms with van der Waals surface area (Å²) in [6.45, 7) is 7.09. The molecule has 12 N–H and O–H groups in total. The number of hydrogen-bond acceptors (Lipinski definition) is 20. The van der Waals surface area contributed by atoms with Gasteiger partial charge in [0.15, 0.2) is 11.5 Å². The van der Waals surface area contributed by atoms with E-state index in [-0.39, 0.29) is 54.6 Å². The standard InChI is InChI=1S/C44H68N8O20S.Na/c1-20-12-24(54)17-46-40(64)35-36(60)21(2)18-52(35)42(66)34(29(58)16-31(59)45-10-11-50(7)43(67)71-44(4,5)6)49-39(63)33(28(57)13-23-8-9-27(56)30(14-23)72-73(68,69)70)48-38(62)26-15-25(55)19-51(26)41(65)32(22(3)53)47-37(20)61;/h8-9,14,20-22,24-26,28-29,32-36,53-58,60H,10-13,15-19H2,1-7H3,(H,45,59)(H,46,64)(H,47,61)(H,48,62)(H,49,63)(H,68,69,70);/q;+1/p-1/t20-,21-,22+,24+,25+,26-,28+,29+,32-,33-,34-,35-,36-;/m0./s1.